The van der Waals surface area contributed by atoms with Crippen molar-refractivity contribution in [3.8, 4) is 0 Å². The largest absolute Gasteiger partial charge is 0.396 e. The minimum absolute atomic E-state index is 0.426. The van der Waals surface area contributed by atoms with Crippen LogP contribution in [0.5, 0.6) is 0 Å². The number of aromatic nitrogens is 1. The monoisotopic (exact) mass is 196 g/mol. The molecule has 0 aliphatic heterocycles. The summed E-state index contributed by atoms with van der Waals surface area (Å²) in [7, 11) is 0. The SMILES string of the molecule is Nc1cc(C(F)F)nc(Cl)c1F. The standard InChI is InChI=1S/C6H4ClF3N2/c7-5-4(8)2(11)1-3(12-5)6(9)10/h1,6H,(H2,11,12). The molecule has 1 heterocycles. The highest BCUT2D eigenvalue weighted by Gasteiger charge is 2.14. The average molecular weight is 197 g/mol. The molecule has 0 aliphatic rings. The maximum Gasteiger partial charge on any atom is 0.280 e. The molecule has 0 spiro atoms. The quantitative estimate of drug-likeness (QED) is 0.701. The van der Waals surface area contributed by atoms with Gasteiger partial charge in [0, 0.05) is 0 Å². The van der Waals surface area contributed by atoms with E-state index in [2.05, 4.69) is 4.98 Å². The molecule has 0 saturated carbocycles. The Morgan fingerprint density at radius 2 is 2.08 bits per heavy atom. The Bertz CT molecular complexity index is 280. The van der Waals surface area contributed by atoms with E-state index in [0.29, 0.717) is 0 Å². The Labute approximate surface area is 71.2 Å². The third-order valence-corrected chi connectivity index (χ3v) is 1.44. The molecule has 0 aliphatic carbocycles. The van der Waals surface area contributed by atoms with Crippen LogP contribution in [0.2, 0.25) is 5.15 Å². The second-order valence-corrected chi connectivity index (χ2v) is 2.40. The van der Waals surface area contributed by atoms with Crippen LogP contribution in [0, 0.1) is 5.82 Å². The molecule has 0 radical (unpaired) electrons. The average Bonchev–Trinajstić information content (AvgIpc) is 1.99. The summed E-state index contributed by atoms with van der Waals surface area (Å²) in [6.07, 6.45) is -2.80. The van der Waals surface area contributed by atoms with Gasteiger partial charge < -0.3 is 5.73 Å². The molecule has 0 fully saturated rings. The number of rotatable bonds is 1. The first-order valence-electron chi connectivity index (χ1n) is 2.92. The molecule has 0 aromatic carbocycles. The molecule has 0 atom stereocenters. The van der Waals surface area contributed by atoms with E-state index in [9.17, 15) is 13.2 Å². The molecular weight excluding hydrogens is 193 g/mol. The molecule has 6 heteroatoms. The Morgan fingerprint density at radius 3 is 2.50 bits per heavy atom. The second kappa shape index (κ2) is 3.18. The van der Waals surface area contributed by atoms with E-state index in [-0.39, 0.29) is 0 Å². The van der Waals surface area contributed by atoms with Crippen LogP contribution < -0.4 is 5.73 Å². The van der Waals surface area contributed by atoms with Crippen molar-refractivity contribution in [2.45, 2.75) is 6.43 Å². The minimum atomic E-state index is -2.80. The van der Waals surface area contributed by atoms with E-state index in [1.165, 1.54) is 0 Å². The van der Waals surface area contributed by atoms with Gasteiger partial charge in [-0.1, -0.05) is 11.6 Å². The van der Waals surface area contributed by atoms with Gasteiger partial charge in [0.2, 0.25) is 0 Å². The topological polar surface area (TPSA) is 38.9 Å². The van der Waals surface area contributed by atoms with Crippen LogP contribution in [0.3, 0.4) is 0 Å². The van der Waals surface area contributed by atoms with Gasteiger partial charge in [-0.15, -0.1) is 0 Å². The van der Waals surface area contributed by atoms with E-state index < -0.39 is 28.8 Å². The summed E-state index contributed by atoms with van der Waals surface area (Å²) in [4.78, 5) is 3.09. The molecule has 0 bridgehead atoms. The zero-order valence-electron chi connectivity index (χ0n) is 5.69. The Kier molecular flexibility index (Phi) is 2.42. The van der Waals surface area contributed by atoms with Crippen molar-refractivity contribution in [2.75, 3.05) is 5.73 Å². The smallest absolute Gasteiger partial charge is 0.280 e. The van der Waals surface area contributed by atoms with Gasteiger partial charge in [0.1, 0.15) is 5.69 Å². The van der Waals surface area contributed by atoms with Crippen LogP contribution in [-0.4, -0.2) is 4.98 Å². The first-order chi connectivity index (χ1) is 5.52. The molecule has 0 saturated heterocycles. The van der Waals surface area contributed by atoms with Gasteiger partial charge in [0.25, 0.3) is 6.43 Å². The van der Waals surface area contributed by atoms with Crippen molar-refractivity contribution >= 4 is 17.3 Å². The number of nitrogens with two attached hydrogens (primary N) is 1. The van der Waals surface area contributed by atoms with Crippen LogP contribution in [0.1, 0.15) is 12.1 Å². The number of halogens is 4. The lowest BCUT2D eigenvalue weighted by molar-refractivity contribution is 0.146. The highest BCUT2D eigenvalue weighted by atomic mass is 35.5. The summed E-state index contributed by atoms with van der Waals surface area (Å²) in [5.41, 5.74) is 3.97. The van der Waals surface area contributed by atoms with Gasteiger partial charge in [-0.2, -0.15) is 0 Å². The summed E-state index contributed by atoms with van der Waals surface area (Å²) >= 11 is 5.16. The fraction of sp³-hybridized carbons (Fsp3) is 0.167. The van der Waals surface area contributed by atoms with Gasteiger partial charge in [0.05, 0.1) is 5.69 Å². The molecule has 12 heavy (non-hydrogen) atoms. The van der Waals surface area contributed by atoms with Crippen molar-refractivity contribution in [1.82, 2.24) is 4.98 Å². The number of nitrogen functional groups attached to an aromatic ring is 1. The molecule has 1 aromatic heterocycles. The zero-order chi connectivity index (χ0) is 9.30. The van der Waals surface area contributed by atoms with Crippen molar-refractivity contribution in [3.05, 3.63) is 22.7 Å². The summed E-state index contributed by atoms with van der Waals surface area (Å²) < 4.78 is 36.5. The molecular formula is C6H4ClF3N2. The molecule has 0 unspecified atom stereocenters. The zero-order valence-corrected chi connectivity index (χ0v) is 6.45. The maximum atomic E-state index is 12.6. The number of alkyl halides is 2. The van der Waals surface area contributed by atoms with Crippen LogP contribution >= 0.6 is 11.6 Å². The fourth-order valence-corrected chi connectivity index (χ4v) is 0.855. The Balaban J connectivity index is 3.21. The maximum absolute atomic E-state index is 12.6. The molecule has 2 N–H and O–H groups in total. The fourth-order valence-electron chi connectivity index (χ4n) is 0.648. The number of nitrogens with zero attached hydrogens (tertiary/aromatic N) is 1. The lowest BCUT2D eigenvalue weighted by atomic mass is 10.3. The van der Waals surface area contributed by atoms with Crippen molar-refractivity contribution in [2.24, 2.45) is 0 Å². The first kappa shape index (κ1) is 9.12. The van der Waals surface area contributed by atoms with E-state index in [4.69, 9.17) is 17.3 Å². The number of pyridine rings is 1. The van der Waals surface area contributed by atoms with E-state index >= 15 is 0 Å². The van der Waals surface area contributed by atoms with E-state index in [1.807, 2.05) is 0 Å². The van der Waals surface area contributed by atoms with Crippen LogP contribution in [0.25, 0.3) is 0 Å². The highest BCUT2D eigenvalue weighted by Crippen LogP contribution is 2.24. The van der Waals surface area contributed by atoms with Crippen molar-refractivity contribution in [3.63, 3.8) is 0 Å². The predicted octanol–water partition coefficient (Wildman–Crippen LogP) is 2.39. The predicted molar refractivity (Wildman–Crippen MR) is 38.6 cm³/mol. The van der Waals surface area contributed by atoms with E-state index in [1.54, 1.807) is 0 Å². The minimum Gasteiger partial charge on any atom is -0.396 e. The number of hydrogen-bond donors (Lipinski definition) is 1. The Morgan fingerprint density at radius 1 is 1.50 bits per heavy atom. The van der Waals surface area contributed by atoms with Gasteiger partial charge in [0.15, 0.2) is 11.0 Å². The lowest BCUT2D eigenvalue weighted by Gasteiger charge is -2.02. The number of anilines is 1. The second-order valence-electron chi connectivity index (χ2n) is 2.04. The Hall–Kier alpha value is -0.970. The molecule has 1 rings (SSSR count). The summed E-state index contributed by atoms with van der Waals surface area (Å²) in [5.74, 6) is -0.971. The van der Waals surface area contributed by atoms with Crippen LogP contribution in [-0.2, 0) is 0 Å². The van der Waals surface area contributed by atoms with Crippen LogP contribution in [0.15, 0.2) is 6.07 Å². The van der Waals surface area contributed by atoms with Crippen molar-refractivity contribution < 1.29 is 13.2 Å². The normalized spacial score (nSPS) is 10.8. The summed E-state index contributed by atoms with van der Waals surface area (Å²) in [6, 6.07) is 0.756. The third-order valence-electron chi connectivity index (χ3n) is 1.19. The molecule has 0 amide bonds. The van der Waals surface area contributed by atoms with E-state index in [0.717, 1.165) is 6.07 Å². The molecule has 2 nitrogen and oxygen atoms in total. The van der Waals surface area contributed by atoms with Crippen LogP contribution in [0.4, 0.5) is 18.9 Å². The molecule has 66 valence electrons. The summed E-state index contributed by atoms with van der Waals surface area (Å²) in [6.45, 7) is 0. The summed E-state index contributed by atoms with van der Waals surface area (Å²) in [5, 5.41) is -0.634. The number of hydrogen-bond acceptors (Lipinski definition) is 2. The lowest BCUT2D eigenvalue weighted by Crippen LogP contribution is -1.98. The molecule has 1 aromatic rings. The third kappa shape index (κ3) is 1.61. The first-order valence-corrected chi connectivity index (χ1v) is 3.29. The van der Waals surface area contributed by atoms with Gasteiger partial charge >= 0.3 is 0 Å². The van der Waals surface area contributed by atoms with Crippen molar-refractivity contribution in [1.29, 1.82) is 0 Å². The van der Waals surface area contributed by atoms with Gasteiger partial charge in [-0.05, 0) is 6.07 Å². The highest BCUT2D eigenvalue weighted by molar-refractivity contribution is 6.29. The van der Waals surface area contributed by atoms with Gasteiger partial charge in [-0.25, -0.2) is 18.2 Å². The van der Waals surface area contributed by atoms with Gasteiger partial charge in [-0.3, -0.25) is 0 Å².